The Hall–Kier alpha value is -0.0800. The van der Waals surface area contributed by atoms with Crippen LogP contribution < -0.4 is 5.73 Å². The maximum atomic E-state index is 5.79. The fourth-order valence-corrected chi connectivity index (χ4v) is 2.44. The molecule has 76 valence electrons. The Labute approximate surface area is 81.5 Å². The molecule has 2 aliphatic rings. The predicted molar refractivity (Wildman–Crippen MR) is 55.6 cm³/mol. The van der Waals surface area contributed by atoms with Crippen molar-refractivity contribution in [2.75, 3.05) is 26.2 Å². The Morgan fingerprint density at radius 2 is 1.92 bits per heavy atom. The monoisotopic (exact) mass is 182 g/mol. The zero-order valence-electron chi connectivity index (χ0n) is 8.97. The van der Waals surface area contributed by atoms with Gasteiger partial charge in [0.25, 0.3) is 0 Å². The minimum Gasteiger partial charge on any atom is -0.330 e. The third-order valence-corrected chi connectivity index (χ3v) is 3.71. The van der Waals surface area contributed by atoms with Gasteiger partial charge in [-0.25, -0.2) is 0 Å². The molecular formula is C11H22N2. The van der Waals surface area contributed by atoms with E-state index in [2.05, 4.69) is 18.7 Å². The average Bonchev–Trinajstić information content (AvgIpc) is 2.74. The minimum absolute atomic E-state index is 0.528. The van der Waals surface area contributed by atoms with Crippen molar-refractivity contribution >= 4 is 0 Å². The Kier molecular flexibility index (Phi) is 2.16. The Morgan fingerprint density at radius 3 is 2.31 bits per heavy atom. The minimum atomic E-state index is 0.528. The smallest absolute Gasteiger partial charge is 0.00503 e. The molecule has 2 rings (SSSR count). The second kappa shape index (κ2) is 2.96. The average molecular weight is 182 g/mol. The van der Waals surface area contributed by atoms with Gasteiger partial charge in [0, 0.05) is 13.1 Å². The Morgan fingerprint density at radius 1 is 1.23 bits per heavy atom. The van der Waals surface area contributed by atoms with Crippen LogP contribution in [-0.2, 0) is 0 Å². The first-order valence-corrected chi connectivity index (χ1v) is 5.48. The SMILES string of the molecule is CC1(C)CCN(CC2(CN)CC2)C1. The summed E-state index contributed by atoms with van der Waals surface area (Å²) in [5.41, 5.74) is 6.86. The molecule has 0 aromatic rings. The van der Waals surface area contributed by atoms with Crippen molar-refractivity contribution in [3.8, 4) is 0 Å². The molecule has 1 saturated carbocycles. The van der Waals surface area contributed by atoms with Crippen LogP contribution in [0.15, 0.2) is 0 Å². The van der Waals surface area contributed by atoms with Gasteiger partial charge in [0.1, 0.15) is 0 Å². The second-order valence-electron chi connectivity index (χ2n) is 5.83. The van der Waals surface area contributed by atoms with Crippen LogP contribution in [0.25, 0.3) is 0 Å². The Bertz CT molecular complexity index is 194. The third kappa shape index (κ3) is 2.05. The molecule has 0 radical (unpaired) electrons. The van der Waals surface area contributed by atoms with Crippen molar-refractivity contribution in [2.24, 2.45) is 16.6 Å². The zero-order valence-corrected chi connectivity index (χ0v) is 8.97. The number of hydrogen-bond acceptors (Lipinski definition) is 2. The molecule has 0 aromatic heterocycles. The molecule has 0 bridgehead atoms. The van der Waals surface area contributed by atoms with Crippen LogP contribution in [-0.4, -0.2) is 31.1 Å². The summed E-state index contributed by atoms with van der Waals surface area (Å²) >= 11 is 0. The Balaban J connectivity index is 1.84. The van der Waals surface area contributed by atoms with Crippen molar-refractivity contribution in [1.29, 1.82) is 0 Å². The highest BCUT2D eigenvalue weighted by Crippen LogP contribution is 2.46. The van der Waals surface area contributed by atoms with E-state index in [0.29, 0.717) is 10.8 Å². The van der Waals surface area contributed by atoms with Crippen LogP contribution >= 0.6 is 0 Å². The van der Waals surface area contributed by atoms with E-state index in [1.165, 1.54) is 38.9 Å². The molecule has 0 atom stereocenters. The van der Waals surface area contributed by atoms with E-state index < -0.39 is 0 Å². The van der Waals surface area contributed by atoms with Crippen molar-refractivity contribution in [1.82, 2.24) is 4.90 Å². The number of likely N-dealkylation sites (tertiary alicyclic amines) is 1. The first kappa shape index (κ1) is 9.47. The quantitative estimate of drug-likeness (QED) is 0.716. The number of nitrogens with zero attached hydrogens (tertiary/aromatic N) is 1. The first-order valence-electron chi connectivity index (χ1n) is 5.48. The zero-order chi connectivity index (χ0) is 9.53. The highest BCUT2D eigenvalue weighted by molar-refractivity contribution is 4.98. The molecule has 0 spiro atoms. The fraction of sp³-hybridized carbons (Fsp3) is 1.00. The fourth-order valence-electron chi connectivity index (χ4n) is 2.44. The largest absolute Gasteiger partial charge is 0.330 e. The van der Waals surface area contributed by atoms with Gasteiger partial charge in [0.05, 0.1) is 0 Å². The highest BCUT2D eigenvalue weighted by Gasteiger charge is 2.44. The first-order chi connectivity index (χ1) is 6.05. The van der Waals surface area contributed by atoms with Gasteiger partial charge in [-0.15, -0.1) is 0 Å². The molecule has 0 unspecified atom stereocenters. The van der Waals surface area contributed by atoms with Gasteiger partial charge in [0.2, 0.25) is 0 Å². The van der Waals surface area contributed by atoms with Gasteiger partial charge in [-0.1, -0.05) is 13.8 Å². The van der Waals surface area contributed by atoms with Crippen LogP contribution in [0.1, 0.15) is 33.1 Å². The highest BCUT2D eigenvalue weighted by atomic mass is 15.2. The standard InChI is InChI=1S/C11H22N2/c1-10(2)5-6-13(8-10)9-11(7-12)3-4-11/h3-9,12H2,1-2H3. The van der Waals surface area contributed by atoms with E-state index in [0.717, 1.165) is 6.54 Å². The maximum Gasteiger partial charge on any atom is 0.00503 e. The predicted octanol–water partition coefficient (Wildman–Crippen LogP) is 1.46. The lowest BCUT2D eigenvalue weighted by atomic mass is 9.93. The van der Waals surface area contributed by atoms with Crippen LogP contribution in [0.3, 0.4) is 0 Å². The van der Waals surface area contributed by atoms with E-state index in [-0.39, 0.29) is 0 Å². The van der Waals surface area contributed by atoms with Crippen LogP contribution in [0.2, 0.25) is 0 Å². The molecule has 2 fully saturated rings. The summed E-state index contributed by atoms with van der Waals surface area (Å²) in [5.74, 6) is 0. The lowest BCUT2D eigenvalue weighted by Crippen LogP contribution is -2.33. The van der Waals surface area contributed by atoms with Crippen molar-refractivity contribution < 1.29 is 0 Å². The summed E-state index contributed by atoms with van der Waals surface area (Å²) in [6.07, 6.45) is 4.08. The molecule has 1 aliphatic heterocycles. The van der Waals surface area contributed by atoms with E-state index in [1.54, 1.807) is 0 Å². The molecule has 1 heterocycles. The maximum absolute atomic E-state index is 5.79. The summed E-state index contributed by atoms with van der Waals surface area (Å²) in [7, 11) is 0. The second-order valence-corrected chi connectivity index (χ2v) is 5.83. The van der Waals surface area contributed by atoms with Crippen molar-refractivity contribution in [3.63, 3.8) is 0 Å². The van der Waals surface area contributed by atoms with Gasteiger partial charge in [0.15, 0.2) is 0 Å². The lowest BCUT2D eigenvalue weighted by Gasteiger charge is -2.23. The number of nitrogens with two attached hydrogens (primary N) is 1. The van der Waals surface area contributed by atoms with Crippen LogP contribution in [0.4, 0.5) is 0 Å². The van der Waals surface area contributed by atoms with E-state index >= 15 is 0 Å². The van der Waals surface area contributed by atoms with E-state index in [4.69, 9.17) is 5.73 Å². The van der Waals surface area contributed by atoms with E-state index in [9.17, 15) is 0 Å². The molecule has 2 heteroatoms. The van der Waals surface area contributed by atoms with Gasteiger partial charge in [-0.2, -0.15) is 0 Å². The van der Waals surface area contributed by atoms with Gasteiger partial charge >= 0.3 is 0 Å². The van der Waals surface area contributed by atoms with Crippen LogP contribution in [0, 0.1) is 10.8 Å². The van der Waals surface area contributed by atoms with Gasteiger partial charge < -0.3 is 10.6 Å². The van der Waals surface area contributed by atoms with Crippen LogP contribution in [0.5, 0.6) is 0 Å². The lowest BCUT2D eigenvalue weighted by molar-refractivity contribution is 0.241. The summed E-state index contributed by atoms with van der Waals surface area (Å²) in [5, 5.41) is 0. The van der Waals surface area contributed by atoms with Crippen molar-refractivity contribution in [3.05, 3.63) is 0 Å². The molecule has 1 aliphatic carbocycles. The summed E-state index contributed by atoms with van der Waals surface area (Å²) in [6, 6.07) is 0. The number of rotatable bonds is 3. The van der Waals surface area contributed by atoms with Gasteiger partial charge in [-0.05, 0) is 43.2 Å². The topological polar surface area (TPSA) is 29.3 Å². The molecular weight excluding hydrogens is 160 g/mol. The van der Waals surface area contributed by atoms with Crippen molar-refractivity contribution in [2.45, 2.75) is 33.1 Å². The molecule has 2 nitrogen and oxygen atoms in total. The summed E-state index contributed by atoms with van der Waals surface area (Å²) in [4.78, 5) is 2.61. The molecule has 0 aromatic carbocycles. The molecule has 2 N–H and O–H groups in total. The summed E-state index contributed by atoms with van der Waals surface area (Å²) < 4.78 is 0. The molecule has 13 heavy (non-hydrogen) atoms. The summed E-state index contributed by atoms with van der Waals surface area (Å²) in [6.45, 7) is 9.45. The molecule has 0 amide bonds. The van der Waals surface area contributed by atoms with E-state index in [1.807, 2.05) is 0 Å². The molecule has 1 saturated heterocycles. The third-order valence-electron chi connectivity index (χ3n) is 3.71. The van der Waals surface area contributed by atoms with Gasteiger partial charge in [-0.3, -0.25) is 0 Å². The number of hydrogen-bond donors (Lipinski definition) is 1. The normalized spacial score (nSPS) is 30.7.